The first-order chi connectivity index (χ1) is 8.26. The second-order valence-electron chi connectivity index (χ2n) is 3.07. The van der Waals surface area contributed by atoms with Crippen molar-refractivity contribution in [3.8, 4) is 17.2 Å². The Morgan fingerprint density at radius 2 is 1.76 bits per heavy atom. The van der Waals surface area contributed by atoms with Gasteiger partial charge in [0.2, 0.25) is 5.75 Å². The number of hydrogen-bond acceptors (Lipinski definition) is 6. The van der Waals surface area contributed by atoms with E-state index in [9.17, 15) is 0 Å². The zero-order chi connectivity index (χ0) is 12.7. The highest BCUT2D eigenvalue weighted by Gasteiger charge is 2.12. The van der Waals surface area contributed by atoms with E-state index in [-0.39, 0.29) is 0 Å². The van der Waals surface area contributed by atoms with E-state index in [2.05, 4.69) is 4.72 Å². The summed E-state index contributed by atoms with van der Waals surface area (Å²) in [5.74, 6) is 1.90. The molecule has 0 aliphatic carbocycles. The molecule has 94 valence electrons. The third-order valence-corrected chi connectivity index (χ3v) is 2.83. The third kappa shape index (κ3) is 3.76. The van der Waals surface area contributed by atoms with Crippen molar-refractivity contribution in [1.29, 1.82) is 0 Å². The van der Waals surface area contributed by atoms with E-state index in [0.29, 0.717) is 23.8 Å². The van der Waals surface area contributed by atoms with Gasteiger partial charge in [-0.15, -0.1) is 0 Å². The maximum atomic E-state index is 5.26. The summed E-state index contributed by atoms with van der Waals surface area (Å²) in [5.41, 5.74) is 1.03. The lowest BCUT2D eigenvalue weighted by molar-refractivity contribution is 0.324. The van der Waals surface area contributed by atoms with Crippen molar-refractivity contribution in [2.75, 3.05) is 21.3 Å². The summed E-state index contributed by atoms with van der Waals surface area (Å²) in [5, 5.41) is 0. The highest BCUT2D eigenvalue weighted by atomic mass is 32.2. The van der Waals surface area contributed by atoms with Gasteiger partial charge in [0.25, 0.3) is 0 Å². The molecule has 0 radical (unpaired) electrons. The Morgan fingerprint density at radius 3 is 2.18 bits per heavy atom. The van der Waals surface area contributed by atoms with Gasteiger partial charge >= 0.3 is 0 Å². The van der Waals surface area contributed by atoms with Gasteiger partial charge in [0.05, 0.1) is 21.3 Å². The number of rotatable bonds is 7. The Morgan fingerprint density at radius 1 is 1.18 bits per heavy atom. The standard InChI is InChI=1S/C11H15NO3S2/c1-13-9-4-8(6-12-17-7-16)5-10(14-2)11(9)15-3/h4-5,7,12H,6H2,1-3H3. The molecule has 0 fully saturated rings. The molecule has 6 heteroatoms. The molecule has 4 nitrogen and oxygen atoms in total. The molecule has 0 saturated carbocycles. The molecule has 0 aliphatic heterocycles. The van der Waals surface area contributed by atoms with Crippen LogP contribution in [0.1, 0.15) is 5.56 Å². The van der Waals surface area contributed by atoms with E-state index in [1.807, 2.05) is 12.1 Å². The number of hydrogen-bond donors (Lipinski definition) is 1. The van der Waals surface area contributed by atoms with Gasteiger partial charge in [-0.3, -0.25) is 4.72 Å². The summed E-state index contributed by atoms with van der Waals surface area (Å²) < 4.78 is 20.4. The van der Waals surface area contributed by atoms with Crippen molar-refractivity contribution in [3.05, 3.63) is 17.7 Å². The SMILES string of the molecule is COc1cc(CNSC=S)cc(OC)c1OC. The Balaban J connectivity index is 2.96. The first kappa shape index (κ1) is 14.1. The van der Waals surface area contributed by atoms with Crippen LogP contribution in [0.25, 0.3) is 0 Å². The van der Waals surface area contributed by atoms with Crippen molar-refractivity contribution in [2.45, 2.75) is 6.54 Å². The predicted molar refractivity (Wildman–Crippen MR) is 74.2 cm³/mol. The lowest BCUT2D eigenvalue weighted by Gasteiger charge is -2.14. The van der Waals surface area contributed by atoms with E-state index in [1.54, 1.807) is 26.0 Å². The largest absolute Gasteiger partial charge is 0.493 e. The smallest absolute Gasteiger partial charge is 0.203 e. The van der Waals surface area contributed by atoms with Gasteiger partial charge in [-0.1, -0.05) is 12.2 Å². The van der Waals surface area contributed by atoms with Gasteiger partial charge in [0.15, 0.2) is 11.5 Å². The Hall–Kier alpha value is -0.980. The lowest BCUT2D eigenvalue weighted by atomic mass is 10.2. The van der Waals surface area contributed by atoms with Crippen molar-refractivity contribution < 1.29 is 14.2 Å². The van der Waals surface area contributed by atoms with Crippen LogP contribution >= 0.6 is 24.2 Å². The molecule has 0 bridgehead atoms. The first-order valence-electron chi connectivity index (χ1n) is 4.87. The molecular formula is C11H15NO3S2. The highest BCUT2D eigenvalue weighted by molar-refractivity contribution is 8.19. The quantitative estimate of drug-likeness (QED) is 0.467. The molecule has 0 spiro atoms. The number of thiocarbonyl (C=S) groups is 1. The van der Waals surface area contributed by atoms with Crippen LogP contribution in [0.5, 0.6) is 17.2 Å². The van der Waals surface area contributed by atoms with Crippen LogP contribution in [-0.2, 0) is 6.54 Å². The summed E-state index contributed by atoms with van der Waals surface area (Å²) in [6.07, 6.45) is 0. The Kier molecular flexibility index (Phi) is 6.10. The first-order valence-corrected chi connectivity index (χ1v) is 6.23. The molecule has 1 aromatic rings. The van der Waals surface area contributed by atoms with E-state index < -0.39 is 0 Å². The molecule has 0 unspecified atom stereocenters. The monoisotopic (exact) mass is 273 g/mol. The third-order valence-electron chi connectivity index (χ3n) is 2.13. The Bertz CT molecular complexity index is 360. The van der Waals surface area contributed by atoms with Gasteiger partial charge in [0, 0.05) is 11.2 Å². The Labute approximate surface area is 111 Å². The molecule has 0 aliphatic rings. The molecule has 1 rings (SSSR count). The van der Waals surface area contributed by atoms with Crippen molar-refractivity contribution in [1.82, 2.24) is 4.72 Å². The zero-order valence-electron chi connectivity index (χ0n) is 9.98. The molecule has 1 aromatic carbocycles. The number of methoxy groups -OCH3 is 3. The molecule has 0 heterocycles. The average Bonchev–Trinajstić information content (AvgIpc) is 2.37. The van der Waals surface area contributed by atoms with Crippen molar-refractivity contribution >= 4 is 28.9 Å². The van der Waals surface area contributed by atoms with Gasteiger partial charge in [-0.05, 0) is 29.6 Å². The topological polar surface area (TPSA) is 39.7 Å². The normalized spacial score (nSPS) is 9.82. The fraction of sp³-hybridized carbons (Fsp3) is 0.364. The van der Waals surface area contributed by atoms with Gasteiger partial charge in [-0.2, -0.15) is 0 Å². The summed E-state index contributed by atoms with van der Waals surface area (Å²) in [7, 11) is 4.78. The molecule has 0 atom stereocenters. The van der Waals surface area contributed by atoms with Gasteiger partial charge in [-0.25, -0.2) is 0 Å². The number of nitrogens with one attached hydrogen (secondary N) is 1. The maximum absolute atomic E-state index is 5.26. The number of ether oxygens (including phenoxy) is 3. The minimum atomic E-state index is 0.598. The number of benzene rings is 1. The molecule has 17 heavy (non-hydrogen) atoms. The van der Waals surface area contributed by atoms with E-state index >= 15 is 0 Å². The minimum absolute atomic E-state index is 0.598. The van der Waals surface area contributed by atoms with Crippen LogP contribution < -0.4 is 18.9 Å². The summed E-state index contributed by atoms with van der Waals surface area (Å²) in [6.45, 7) is 0.661. The van der Waals surface area contributed by atoms with E-state index in [4.69, 9.17) is 26.4 Å². The molecule has 0 amide bonds. The summed E-state index contributed by atoms with van der Waals surface area (Å²) in [6, 6.07) is 3.80. The molecule has 0 saturated heterocycles. The summed E-state index contributed by atoms with van der Waals surface area (Å²) in [4.78, 5) is 0. The van der Waals surface area contributed by atoms with Crippen LogP contribution in [0.4, 0.5) is 0 Å². The summed E-state index contributed by atoms with van der Waals surface area (Å²) >= 11 is 6.08. The van der Waals surface area contributed by atoms with Gasteiger partial charge in [0.1, 0.15) is 0 Å². The molecule has 1 N–H and O–H groups in total. The van der Waals surface area contributed by atoms with Crippen molar-refractivity contribution in [2.24, 2.45) is 0 Å². The van der Waals surface area contributed by atoms with Crippen LogP contribution in [-0.4, -0.2) is 26.0 Å². The molecule has 0 aromatic heterocycles. The van der Waals surface area contributed by atoms with Crippen LogP contribution in [0.3, 0.4) is 0 Å². The highest BCUT2D eigenvalue weighted by Crippen LogP contribution is 2.38. The molecular weight excluding hydrogens is 258 g/mol. The predicted octanol–water partition coefficient (Wildman–Crippen LogP) is 2.41. The maximum Gasteiger partial charge on any atom is 0.203 e. The average molecular weight is 273 g/mol. The minimum Gasteiger partial charge on any atom is -0.493 e. The fourth-order valence-electron chi connectivity index (χ4n) is 1.40. The second kappa shape index (κ2) is 7.37. The van der Waals surface area contributed by atoms with E-state index in [0.717, 1.165) is 5.56 Å². The zero-order valence-corrected chi connectivity index (χ0v) is 11.6. The fourth-order valence-corrected chi connectivity index (χ4v) is 1.92. The van der Waals surface area contributed by atoms with Crippen LogP contribution in [0.2, 0.25) is 0 Å². The van der Waals surface area contributed by atoms with Crippen LogP contribution in [0, 0.1) is 0 Å². The van der Waals surface area contributed by atoms with Crippen molar-refractivity contribution in [3.63, 3.8) is 0 Å². The van der Waals surface area contributed by atoms with Crippen LogP contribution in [0.15, 0.2) is 12.1 Å². The van der Waals surface area contributed by atoms with Gasteiger partial charge < -0.3 is 14.2 Å². The second-order valence-corrected chi connectivity index (χ2v) is 4.36. The van der Waals surface area contributed by atoms with E-state index in [1.165, 1.54) is 11.9 Å². The lowest BCUT2D eigenvalue weighted by Crippen LogP contribution is -2.04.